The van der Waals surface area contributed by atoms with Crippen molar-refractivity contribution in [3.8, 4) is 5.88 Å². The monoisotopic (exact) mass is 388 g/mol. The Bertz CT molecular complexity index is 830. The molecule has 0 saturated heterocycles. The first kappa shape index (κ1) is 19.4. The molecule has 3 N–H and O–H groups in total. The van der Waals surface area contributed by atoms with Crippen LogP contribution < -0.4 is 15.8 Å². The van der Waals surface area contributed by atoms with E-state index in [-0.39, 0.29) is 22.5 Å². The molecule has 2 amide bonds. The third-order valence-corrected chi connectivity index (χ3v) is 3.34. The second-order valence-electron chi connectivity index (χ2n) is 4.93. The average molecular weight is 389 g/mol. The number of aromatic nitrogens is 2. The van der Waals surface area contributed by atoms with Crippen LogP contribution in [0.5, 0.6) is 5.88 Å². The van der Waals surface area contributed by atoms with Crippen molar-refractivity contribution >= 4 is 23.4 Å². The van der Waals surface area contributed by atoms with E-state index < -0.39 is 18.7 Å². The lowest BCUT2D eigenvalue weighted by Crippen LogP contribution is -2.19. The van der Waals surface area contributed by atoms with Gasteiger partial charge in [0, 0.05) is 30.1 Å². The van der Waals surface area contributed by atoms with Gasteiger partial charge in [0.25, 0.3) is 11.8 Å². The zero-order valence-corrected chi connectivity index (χ0v) is 13.8. The number of primary amides is 1. The van der Waals surface area contributed by atoms with Crippen molar-refractivity contribution < 1.29 is 27.5 Å². The first-order chi connectivity index (χ1) is 12.2. The molecule has 3 heterocycles. The van der Waals surface area contributed by atoms with Gasteiger partial charge in [0.2, 0.25) is 5.88 Å². The lowest BCUT2D eigenvalue weighted by Gasteiger charge is -2.08. The summed E-state index contributed by atoms with van der Waals surface area (Å²) in [5.41, 5.74) is 6.36. The minimum absolute atomic E-state index is 0.0618. The fourth-order valence-electron chi connectivity index (χ4n) is 1.99. The van der Waals surface area contributed by atoms with Gasteiger partial charge in [0.15, 0.2) is 6.61 Å². The minimum atomic E-state index is -4.37. The SMILES string of the molecule is FC(F)(F)COc1ncccc1Cl.NC(=O)c1nccc2c1CNC2=O. The zero-order chi connectivity index (χ0) is 19.3. The maximum Gasteiger partial charge on any atom is 0.422 e. The molecule has 0 aromatic carbocycles. The van der Waals surface area contributed by atoms with E-state index in [1.54, 1.807) is 6.07 Å². The van der Waals surface area contributed by atoms with Crippen molar-refractivity contribution in [1.82, 2.24) is 15.3 Å². The summed E-state index contributed by atoms with van der Waals surface area (Å²) in [5, 5.41) is 2.66. The summed E-state index contributed by atoms with van der Waals surface area (Å²) < 4.78 is 39.4. The van der Waals surface area contributed by atoms with E-state index in [0.717, 1.165) is 0 Å². The van der Waals surface area contributed by atoms with Gasteiger partial charge in [0.05, 0.1) is 0 Å². The highest BCUT2D eigenvalue weighted by Crippen LogP contribution is 2.23. The van der Waals surface area contributed by atoms with E-state index in [9.17, 15) is 22.8 Å². The van der Waals surface area contributed by atoms with Crippen molar-refractivity contribution in [2.75, 3.05) is 6.61 Å². The van der Waals surface area contributed by atoms with Gasteiger partial charge >= 0.3 is 6.18 Å². The van der Waals surface area contributed by atoms with Gasteiger partial charge in [-0.2, -0.15) is 13.2 Å². The molecular weight excluding hydrogens is 377 g/mol. The number of hydrogen-bond acceptors (Lipinski definition) is 5. The molecule has 0 aliphatic carbocycles. The van der Waals surface area contributed by atoms with Gasteiger partial charge < -0.3 is 15.8 Å². The van der Waals surface area contributed by atoms with Crippen molar-refractivity contribution in [3.63, 3.8) is 0 Å². The van der Waals surface area contributed by atoms with E-state index in [1.165, 1.54) is 24.5 Å². The number of nitrogens with two attached hydrogens (primary N) is 1. The highest BCUT2D eigenvalue weighted by molar-refractivity contribution is 6.31. The largest absolute Gasteiger partial charge is 0.467 e. The molecule has 7 nitrogen and oxygen atoms in total. The van der Waals surface area contributed by atoms with Crippen molar-refractivity contribution in [1.29, 1.82) is 0 Å². The van der Waals surface area contributed by atoms with Gasteiger partial charge in [0.1, 0.15) is 10.7 Å². The fraction of sp³-hybridized carbons (Fsp3) is 0.200. The number of alkyl halides is 3. The molecule has 1 aliphatic rings. The van der Waals surface area contributed by atoms with Crippen molar-refractivity contribution in [2.24, 2.45) is 5.73 Å². The number of halogens is 4. The van der Waals surface area contributed by atoms with Gasteiger partial charge in [-0.3, -0.25) is 14.6 Å². The number of carbonyl (C=O) groups is 2. The third-order valence-electron chi connectivity index (χ3n) is 3.06. The number of fused-ring (bicyclic) bond motifs is 1. The van der Waals surface area contributed by atoms with E-state index in [1.807, 2.05) is 0 Å². The number of nitrogens with zero attached hydrogens (tertiary/aromatic N) is 2. The molecule has 26 heavy (non-hydrogen) atoms. The predicted octanol–water partition coefficient (Wildman–Crippen LogP) is 2.10. The van der Waals surface area contributed by atoms with Crippen molar-refractivity contribution in [2.45, 2.75) is 12.7 Å². The summed E-state index contributed by atoms with van der Waals surface area (Å²) >= 11 is 5.50. The molecule has 3 rings (SSSR count). The molecule has 0 fully saturated rings. The summed E-state index contributed by atoms with van der Waals surface area (Å²) in [6.45, 7) is -1.05. The first-order valence-corrected chi connectivity index (χ1v) is 7.43. The lowest BCUT2D eigenvalue weighted by atomic mass is 10.1. The van der Waals surface area contributed by atoms with E-state index >= 15 is 0 Å². The quantitative estimate of drug-likeness (QED) is 0.837. The number of pyridine rings is 2. The molecule has 0 unspecified atom stereocenters. The Balaban J connectivity index is 0.000000187. The van der Waals surface area contributed by atoms with E-state index in [4.69, 9.17) is 17.3 Å². The van der Waals surface area contributed by atoms with Crippen LogP contribution in [0.25, 0.3) is 0 Å². The molecule has 0 atom stereocenters. The van der Waals surface area contributed by atoms with E-state index in [0.29, 0.717) is 17.7 Å². The molecule has 0 saturated carbocycles. The summed E-state index contributed by atoms with van der Waals surface area (Å²) in [6.07, 6.45) is -1.66. The second-order valence-corrected chi connectivity index (χ2v) is 5.33. The summed E-state index contributed by atoms with van der Waals surface area (Å²) in [5.74, 6) is -0.991. The summed E-state index contributed by atoms with van der Waals surface area (Å²) in [4.78, 5) is 29.4. The summed E-state index contributed by atoms with van der Waals surface area (Å²) in [7, 11) is 0. The molecule has 0 spiro atoms. The number of amides is 2. The maximum atomic E-state index is 11.7. The molecule has 2 aromatic rings. The molecular formula is C15H12ClF3N4O3. The van der Waals surface area contributed by atoms with Crippen LogP contribution in [-0.2, 0) is 6.54 Å². The standard InChI is InChI=1S/C8H7N3O2.C7H5ClF3NO/c9-7(12)6-5-3-11-8(13)4(5)1-2-10-6;8-5-2-1-3-12-6(5)13-4-7(9,10)11/h1-2H,3H2,(H2,9,12)(H,11,13);1-3H,4H2. The topological polar surface area (TPSA) is 107 Å². The van der Waals surface area contributed by atoms with Crippen LogP contribution >= 0.6 is 11.6 Å². The van der Waals surface area contributed by atoms with Gasteiger partial charge in [-0.1, -0.05) is 11.6 Å². The van der Waals surface area contributed by atoms with Crippen LogP contribution in [0.2, 0.25) is 5.02 Å². The van der Waals surface area contributed by atoms with Crippen LogP contribution in [-0.4, -0.2) is 34.6 Å². The Hall–Kier alpha value is -2.88. The van der Waals surface area contributed by atoms with Crippen LogP contribution in [0.3, 0.4) is 0 Å². The Morgan fingerprint density at radius 1 is 1.31 bits per heavy atom. The molecule has 2 aromatic heterocycles. The Morgan fingerprint density at radius 2 is 2.04 bits per heavy atom. The Labute approximate surface area is 150 Å². The van der Waals surface area contributed by atoms with Crippen molar-refractivity contribution in [3.05, 3.63) is 52.4 Å². The maximum absolute atomic E-state index is 11.7. The third kappa shape index (κ3) is 5.06. The molecule has 1 aliphatic heterocycles. The van der Waals surface area contributed by atoms with Crippen LogP contribution in [0, 0.1) is 0 Å². The number of hydrogen-bond donors (Lipinski definition) is 2. The average Bonchev–Trinajstić information content (AvgIpc) is 2.95. The predicted molar refractivity (Wildman–Crippen MR) is 84.7 cm³/mol. The number of ether oxygens (including phenoxy) is 1. The highest BCUT2D eigenvalue weighted by atomic mass is 35.5. The number of nitrogens with one attached hydrogen (secondary N) is 1. The van der Waals surface area contributed by atoms with Crippen LogP contribution in [0.1, 0.15) is 26.4 Å². The van der Waals surface area contributed by atoms with Crippen LogP contribution in [0.4, 0.5) is 13.2 Å². The number of carbonyl (C=O) groups excluding carboxylic acids is 2. The highest BCUT2D eigenvalue weighted by Gasteiger charge is 2.29. The van der Waals surface area contributed by atoms with E-state index in [2.05, 4.69) is 20.0 Å². The Kier molecular flexibility index (Phi) is 5.98. The van der Waals surface area contributed by atoms with Gasteiger partial charge in [-0.05, 0) is 18.2 Å². The molecule has 0 radical (unpaired) electrons. The molecule has 0 bridgehead atoms. The Morgan fingerprint density at radius 3 is 2.65 bits per heavy atom. The number of rotatable bonds is 3. The fourth-order valence-corrected chi connectivity index (χ4v) is 2.16. The first-order valence-electron chi connectivity index (χ1n) is 7.05. The lowest BCUT2D eigenvalue weighted by molar-refractivity contribution is -0.154. The smallest absolute Gasteiger partial charge is 0.422 e. The van der Waals surface area contributed by atoms with Gasteiger partial charge in [-0.15, -0.1) is 0 Å². The zero-order valence-electron chi connectivity index (χ0n) is 13.0. The normalized spacial score (nSPS) is 12.5. The van der Waals surface area contributed by atoms with Gasteiger partial charge in [-0.25, -0.2) is 4.98 Å². The second kappa shape index (κ2) is 8.00. The minimum Gasteiger partial charge on any atom is -0.467 e. The molecule has 11 heteroatoms. The van der Waals surface area contributed by atoms with Crippen LogP contribution in [0.15, 0.2) is 30.6 Å². The summed E-state index contributed by atoms with van der Waals surface area (Å²) in [6, 6.07) is 4.48. The molecule has 138 valence electrons.